The van der Waals surface area contributed by atoms with Crippen LogP contribution in [-0.4, -0.2) is 25.0 Å². The van der Waals surface area contributed by atoms with Gasteiger partial charge in [-0.3, -0.25) is 20.4 Å². The van der Waals surface area contributed by atoms with E-state index in [0.29, 0.717) is 23.7 Å². The van der Waals surface area contributed by atoms with Crippen molar-refractivity contribution in [1.29, 1.82) is 0 Å². The van der Waals surface area contributed by atoms with Crippen LogP contribution in [0.4, 0.5) is 0 Å². The Bertz CT molecular complexity index is 956. The molecule has 6 nitrogen and oxygen atoms in total. The average Bonchev–Trinajstić information content (AvgIpc) is 2.77. The highest BCUT2D eigenvalue weighted by atomic mass is 16.5. The van der Waals surface area contributed by atoms with Gasteiger partial charge in [0.15, 0.2) is 6.61 Å². The zero-order valence-electron chi connectivity index (χ0n) is 16.1. The van der Waals surface area contributed by atoms with Crippen molar-refractivity contribution >= 4 is 11.8 Å². The molecule has 2 amide bonds. The third-order valence-electron chi connectivity index (χ3n) is 4.07. The summed E-state index contributed by atoms with van der Waals surface area (Å²) in [6.07, 6.45) is 0. The fourth-order valence-electron chi connectivity index (χ4n) is 2.70. The van der Waals surface area contributed by atoms with Gasteiger partial charge in [0.1, 0.15) is 11.5 Å². The Hall–Kier alpha value is -3.80. The van der Waals surface area contributed by atoms with Gasteiger partial charge in [0.2, 0.25) is 0 Å². The molecule has 0 heterocycles. The Morgan fingerprint density at radius 2 is 1.48 bits per heavy atom. The maximum Gasteiger partial charge on any atom is 0.276 e. The maximum absolute atomic E-state index is 12.1. The number of hydrazine groups is 1. The number of ether oxygens (including phenoxy) is 2. The van der Waals surface area contributed by atoms with Gasteiger partial charge in [-0.15, -0.1) is 0 Å². The summed E-state index contributed by atoms with van der Waals surface area (Å²) in [4.78, 5) is 24.2. The minimum atomic E-state index is -0.466. The van der Waals surface area contributed by atoms with Gasteiger partial charge < -0.3 is 9.47 Å². The van der Waals surface area contributed by atoms with Crippen LogP contribution >= 0.6 is 0 Å². The second kappa shape index (κ2) is 9.94. The van der Waals surface area contributed by atoms with E-state index in [1.807, 2.05) is 55.5 Å². The molecule has 0 aliphatic rings. The highest BCUT2D eigenvalue weighted by molar-refractivity contribution is 5.95. The van der Waals surface area contributed by atoms with Gasteiger partial charge in [-0.2, -0.15) is 0 Å². The minimum absolute atomic E-state index is 0.229. The van der Waals surface area contributed by atoms with Crippen molar-refractivity contribution in [2.45, 2.75) is 6.92 Å². The number of carbonyl (C=O) groups excluding carboxylic acids is 2. The average molecular weight is 390 g/mol. The molecule has 0 radical (unpaired) electrons. The minimum Gasteiger partial charge on any atom is -0.494 e. The lowest BCUT2D eigenvalue weighted by atomic mass is 10.1. The first-order valence-electron chi connectivity index (χ1n) is 9.26. The monoisotopic (exact) mass is 390 g/mol. The molecule has 6 heteroatoms. The van der Waals surface area contributed by atoms with Crippen LogP contribution in [0.15, 0.2) is 78.9 Å². The van der Waals surface area contributed by atoms with Crippen LogP contribution in [0, 0.1) is 0 Å². The summed E-state index contributed by atoms with van der Waals surface area (Å²) in [7, 11) is 0. The zero-order valence-corrected chi connectivity index (χ0v) is 16.1. The lowest BCUT2D eigenvalue weighted by Crippen LogP contribution is -2.43. The van der Waals surface area contributed by atoms with E-state index in [9.17, 15) is 9.59 Å². The fourth-order valence-corrected chi connectivity index (χ4v) is 2.70. The van der Waals surface area contributed by atoms with Crippen molar-refractivity contribution in [2.75, 3.05) is 13.2 Å². The lowest BCUT2D eigenvalue weighted by Gasteiger charge is -2.12. The standard InChI is InChI=1S/C23H22N2O4/c1-2-28-19-14-12-18(13-15-19)23(27)25-24-22(26)16-29-21-11-7-6-10-20(21)17-8-4-3-5-9-17/h3-15H,2,16H2,1H3,(H,24,26)(H,25,27). The summed E-state index contributed by atoms with van der Waals surface area (Å²) in [5, 5.41) is 0. The topological polar surface area (TPSA) is 76.7 Å². The third-order valence-corrected chi connectivity index (χ3v) is 4.07. The predicted octanol–water partition coefficient (Wildman–Crippen LogP) is 3.59. The molecule has 0 saturated heterocycles. The predicted molar refractivity (Wildman–Crippen MR) is 111 cm³/mol. The van der Waals surface area contributed by atoms with Crippen molar-refractivity contribution in [3.63, 3.8) is 0 Å². The lowest BCUT2D eigenvalue weighted by molar-refractivity contribution is -0.123. The van der Waals surface area contributed by atoms with Gasteiger partial charge in [-0.1, -0.05) is 48.5 Å². The van der Waals surface area contributed by atoms with Crippen molar-refractivity contribution in [3.05, 3.63) is 84.4 Å². The molecule has 0 bridgehead atoms. The van der Waals surface area contributed by atoms with Crippen LogP contribution in [0.3, 0.4) is 0 Å². The second-order valence-electron chi connectivity index (χ2n) is 6.11. The van der Waals surface area contributed by atoms with Crippen LogP contribution < -0.4 is 20.3 Å². The smallest absolute Gasteiger partial charge is 0.276 e. The second-order valence-corrected chi connectivity index (χ2v) is 6.11. The number of nitrogens with one attached hydrogen (secondary N) is 2. The fraction of sp³-hybridized carbons (Fsp3) is 0.130. The highest BCUT2D eigenvalue weighted by Crippen LogP contribution is 2.29. The summed E-state index contributed by atoms with van der Waals surface area (Å²) < 4.78 is 11.0. The number of rotatable bonds is 7. The van der Waals surface area contributed by atoms with E-state index in [0.717, 1.165) is 11.1 Å². The van der Waals surface area contributed by atoms with Crippen molar-refractivity contribution in [2.24, 2.45) is 0 Å². The van der Waals surface area contributed by atoms with Crippen LogP contribution in [0.1, 0.15) is 17.3 Å². The van der Waals surface area contributed by atoms with E-state index in [1.54, 1.807) is 30.3 Å². The summed E-state index contributed by atoms with van der Waals surface area (Å²) in [5.41, 5.74) is 7.02. The van der Waals surface area contributed by atoms with Gasteiger partial charge in [0.05, 0.1) is 6.61 Å². The number of hydrogen-bond donors (Lipinski definition) is 2. The quantitative estimate of drug-likeness (QED) is 0.605. The zero-order chi connectivity index (χ0) is 20.5. The van der Waals surface area contributed by atoms with Gasteiger partial charge in [-0.05, 0) is 42.8 Å². The molecule has 3 aromatic rings. The molecular formula is C23H22N2O4. The first kappa shape index (κ1) is 19.9. The molecule has 2 N–H and O–H groups in total. The van der Waals surface area contributed by atoms with Gasteiger partial charge in [-0.25, -0.2) is 0 Å². The molecule has 3 rings (SSSR count). The number of benzene rings is 3. The Morgan fingerprint density at radius 3 is 2.21 bits per heavy atom. The normalized spacial score (nSPS) is 10.1. The molecule has 0 aliphatic carbocycles. The van der Waals surface area contributed by atoms with Crippen LogP contribution in [-0.2, 0) is 4.79 Å². The van der Waals surface area contributed by atoms with Gasteiger partial charge in [0.25, 0.3) is 11.8 Å². The Balaban J connectivity index is 1.52. The summed E-state index contributed by atoms with van der Waals surface area (Å²) in [6, 6.07) is 23.9. The van der Waals surface area contributed by atoms with Gasteiger partial charge in [0, 0.05) is 11.1 Å². The number of para-hydroxylation sites is 1. The van der Waals surface area contributed by atoms with Crippen LogP contribution in [0.2, 0.25) is 0 Å². The van der Waals surface area contributed by atoms with Gasteiger partial charge >= 0.3 is 0 Å². The molecule has 0 fully saturated rings. The molecule has 0 aliphatic heterocycles. The molecule has 0 atom stereocenters. The first-order valence-corrected chi connectivity index (χ1v) is 9.26. The van der Waals surface area contributed by atoms with Crippen molar-refractivity contribution in [3.8, 4) is 22.6 Å². The van der Waals surface area contributed by atoms with Crippen LogP contribution in [0.25, 0.3) is 11.1 Å². The van der Waals surface area contributed by atoms with E-state index < -0.39 is 11.8 Å². The van der Waals surface area contributed by atoms with E-state index in [1.165, 1.54) is 0 Å². The Kier molecular flexibility index (Phi) is 6.84. The summed E-state index contributed by atoms with van der Waals surface area (Å²) in [6.45, 7) is 2.21. The molecule has 0 aromatic heterocycles. The largest absolute Gasteiger partial charge is 0.494 e. The van der Waals surface area contributed by atoms with Crippen molar-refractivity contribution in [1.82, 2.24) is 10.9 Å². The number of amides is 2. The number of carbonyl (C=O) groups is 2. The molecule has 0 saturated carbocycles. The molecule has 148 valence electrons. The molecule has 29 heavy (non-hydrogen) atoms. The SMILES string of the molecule is CCOc1ccc(C(=O)NNC(=O)COc2ccccc2-c2ccccc2)cc1. The number of hydrogen-bond acceptors (Lipinski definition) is 4. The van der Waals surface area contributed by atoms with Crippen molar-refractivity contribution < 1.29 is 19.1 Å². The Labute approximate surface area is 169 Å². The maximum atomic E-state index is 12.1. The van der Waals surface area contributed by atoms with E-state index in [-0.39, 0.29) is 6.61 Å². The first-order chi connectivity index (χ1) is 14.2. The molecule has 3 aromatic carbocycles. The van der Waals surface area contributed by atoms with Crippen LogP contribution in [0.5, 0.6) is 11.5 Å². The summed E-state index contributed by atoms with van der Waals surface area (Å²) >= 11 is 0. The summed E-state index contributed by atoms with van der Waals surface area (Å²) in [5.74, 6) is 0.378. The Morgan fingerprint density at radius 1 is 0.793 bits per heavy atom. The molecule has 0 unspecified atom stereocenters. The van der Waals surface area contributed by atoms with E-state index >= 15 is 0 Å². The molecule has 0 spiro atoms. The highest BCUT2D eigenvalue weighted by Gasteiger charge is 2.10. The van der Waals surface area contributed by atoms with E-state index in [2.05, 4.69) is 10.9 Å². The van der Waals surface area contributed by atoms with E-state index in [4.69, 9.17) is 9.47 Å². The molecular weight excluding hydrogens is 368 g/mol. The third kappa shape index (κ3) is 5.59.